The Morgan fingerprint density at radius 1 is 1.16 bits per heavy atom. The minimum absolute atomic E-state index is 0.0238. The Hall–Kier alpha value is -1.72. The number of benzene rings is 1. The highest BCUT2D eigenvalue weighted by molar-refractivity contribution is 7.94. The first-order valence-corrected chi connectivity index (χ1v) is 7.21. The SMILES string of the molecule is O=S(=O)(C=Cc1ncccc1F)c1ccccc1Cl. The highest BCUT2D eigenvalue weighted by atomic mass is 35.5. The van der Waals surface area contributed by atoms with Gasteiger partial charge in [-0.1, -0.05) is 23.7 Å². The highest BCUT2D eigenvalue weighted by Crippen LogP contribution is 2.23. The van der Waals surface area contributed by atoms with Crippen LogP contribution in [0.4, 0.5) is 4.39 Å². The molecule has 2 rings (SSSR count). The van der Waals surface area contributed by atoms with E-state index in [2.05, 4.69) is 4.98 Å². The summed E-state index contributed by atoms with van der Waals surface area (Å²) in [6.07, 6.45) is 2.48. The quantitative estimate of drug-likeness (QED) is 0.873. The number of sulfone groups is 1. The molecular weight excluding hydrogens is 289 g/mol. The number of aromatic nitrogens is 1. The van der Waals surface area contributed by atoms with Gasteiger partial charge in [-0.25, -0.2) is 12.8 Å². The van der Waals surface area contributed by atoms with Crippen molar-refractivity contribution >= 4 is 27.5 Å². The molecule has 0 N–H and O–H groups in total. The van der Waals surface area contributed by atoms with Crippen LogP contribution in [-0.4, -0.2) is 13.4 Å². The molecule has 0 bridgehead atoms. The molecule has 6 heteroatoms. The van der Waals surface area contributed by atoms with Gasteiger partial charge < -0.3 is 0 Å². The zero-order valence-corrected chi connectivity index (χ0v) is 11.2. The van der Waals surface area contributed by atoms with Crippen molar-refractivity contribution in [2.45, 2.75) is 4.90 Å². The van der Waals surface area contributed by atoms with Gasteiger partial charge in [0.05, 0.1) is 15.6 Å². The smallest absolute Gasteiger partial charge is 0.201 e. The maximum Gasteiger partial charge on any atom is 0.201 e. The number of hydrogen-bond acceptors (Lipinski definition) is 3. The van der Waals surface area contributed by atoms with Crippen LogP contribution in [0.2, 0.25) is 5.02 Å². The van der Waals surface area contributed by atoms with Gasteiger partial charge in [-0.3, -0.25) is 4.98 Å². The Bertz CT molecular complexity index is 729. The molecule has 0 spiro atoms. The molecule has 0 aliphatic carbocycles. The maximum atomic E-state index is 13.3. The van der Waals surface area contributed by atoms with Crippen LogP contribution in [0.25, 0.3) is 6.08 Å². The van der Waals surface area contributed by atoms with Crippen molar-refractivity contribution < 1.29 is 12.8 Å². The van der Waals surface area contributed by atoms with E-state index in [1.165, 1.54) is 30.5 Å². The van der Waals surface area contributed by atoms with Crippen LogP contribution in [0.15, 0.2) is 52.9 Å². The minimum atomic E-state index is -3.73. The maximum absolute atomic E-state index is 13.3. The van der Waals surface area contributed by atoms with E-state index in [0.717, 1.165) is 11.5 Å². The summed E-state index contributed by atoms with van der Waals surface area (Å²) in [5, 5.41) is 1.01. The third-order valence-electron chi connectivity index (χ3n) is 2.34. The number of hydrogen-bond donors (Lipinski definition) is 0. The molecule has 2 aromatic rings. The molecule has 0 aliphatic heterocycles. The molecule has 0 unspecified atom stereocenters. The fourth-order valence-corrected chi connectivity index (χ4v) is 2.94. The van der Waals surface area contributed by atoms with Crippen LogP contribution >= 0.6 is 11.6 Å². The lowest BCUT2D eigenvalue weighted by Gasteiger charge is -2.01. The molecule has 1 aromatic heterocycles. The van der Waals surface area contributed by atoms with Gasteiger partial charge in [0, 0.05) is 11.6 Å². The molecule has 1 aromatic carbocycles. The Kier molecular flexibility index (Phi) is 3.97. The van der Waals surface area contributed by atoms with Gasteiger partial charge in [0.25, 0.3) is 0 Å². The van der Waals surface area contributed by atoms with Crippen molar-refractivity contribution in [2.24, 2.45) is 0 Å². The largest absolute Gasteiger partial charge is 0.254 e. The van der Waals surface area contributed by atoms with E-state index in [1.807, 2.05) is 0 Å². The van der Waals surface area contributed by atoms with Crippen molar-refractivity contribution in [3.05, 3.63) is 64.5 Å². The van der Waals surface area contributed by atoms with Crippen molar-refractivity contribution in [3.8, 4) is 0 Å². The minimum Gasteiger partial charge on any atom is -0.254 e. The molecule has 0 saturated carbocycles. The lowest BCUT2D eigenvalue weighted by molar-refractivity contribution is 0.605. The van der Waals surface area contributed by atoms with E-state index in [-0.39, 0.29) is 15.6 Å². The van der Waals surface area contributed by atoms with Crippen molar-refractivity contribution in [1.82, 2.24) is 4.98 Å². The van der Waals surface area contributed by atoms with Crippen molar-refractivity contribution in [3.63, 3.8) is 0 Å². The normalized spacial score (nSPS) is 11.9. The van der Waals surface area contributed by atoms with E-state index < -0.39 is 15.7 Å². The van der Waals surface area contributed by atoms with Gasteiger partial charge in [-0.05, 0) is 30.3 Å². The van der Waals surface area contributed by atoms with Crippen LogP contribution in [0, 0.1) is 5.82 Å². The fourth-order valence-electron chi connectivity index (χ4n) is 1.42. The van der Waals surface area contributed by atoms with Gasteiger partial charge in [0.2, 0.25) is 9.84 Å². The lowest BCUT2D eigenvalue weighted by Crippen LogP contribution is -1.97. The number of nitrogens with zero attached hydrogens (tertiary/aromatic N) is 1. The Labute approximate surface area is 115 Å². The molecule has 0 saturated heterocycles. The molecule has 19 heavy (non-hydrogen) atoms. The first-order chi connectivity index (χ1) is 9.00. The molecule has 98 valence electrons. The Balaban J connectivity index is 2.38. The van der Waals surface area contributed by atoms with Gasteiger partial charge in [0.1, 0.15) is 5.82 Å². The predicted molar refractivity (Wildman–Crippen MR) is 71.9 cm³/mol. The summed E-state index contributed by atoms with van der Waals surface area (Å²) in [7, 11) is -3.73. The first-order valence-electron chi connectivity index (χ1n) is 5.29. The third kappa shape index (κ3) is 3.19. The van der Waals surface area contributed by atoms with E-state index in [0.29, 0.717) is 0 Å². The summed E-state index contributed by atoms with van der Waals surface area (Å²) in [6, 6.07) is 8.68. The topological polar surface area (TPSA) is 47.0 Å². The van der Waals surface area contributed by atoms with E-state index in [9.17, 15) is 12.8 Å². The summed E-state index contributed by atoms with van der Waals surface area (Å²) >= 11 is 5.82. The summed E-state index contributed by atoms with van der Waals surface area (Å²) in [4.78, 5) is 3.71. The Morgan fingerprint density at radius 3 is 2.58 bits per heavy atom. The van der Waals surface area contributed by atoms with E-state index >= 15 is 0 Å². The van der Waals surface area contributed by atoms with Crippen molar-refractivity contribution in [1.29, 1.82) is 0 Å². The monoisotopic (exact) mass is 297 g/mol. The van der Waals surface area contributed by atoms with Crippen LogP contribution in [0.5, 0.6) is 0 Å². The van der Waals surface area contributed by atoms with Gasteiger partial charge in [0.15, 0.2) is 0 Å². The molecular formula is C13H9ClFNO2S. The van der Waals surface area contributed by atoms with Crippen LogP contribution in [0.3, 0.4) is 0 Å². The number of rotatable bonds is 3. The van der Waals surface area contributed by atoms with E-state index in [1.54, 1.807) is 12.1 Å². The van der Waals surface area contributed by atoms with Crippen LogP contribution in [-0.2, 0) is 9.84 Å². The molecule has 0 fully saturated rings. The number of pyridine rings is 1. The van der Waals surface area contributed by atoms with Gasteiger partial charge in [-0.2, -0.15) is 0 Å². The third-order valence-corrected chi connectivity index (χ3v) is 4.24. The summed E-state index contributed by atoms with van der Waals surface area (Å²) in [6.45, 7) is 0. The molecule has 0 atom stereocenters. The highest BCUT2D eigenvalue weighted by Gasteiger charge is 2.14. The Morgan fingerprint density at radius 2 is 1.89 bits per heavy atom. The molecule has 3 nitrogen and oxygen atoms in total. The first kappa shape index (κ1) is 13.7. The van der Waals surface area contributed by atoms with Gasteiger partial charge >= 0.3 is 0 Å². The summed E-state index contributed by atoms with van der Waals surface area (Å²) in [5.41, 5.74) is -0.0434. The fraction of sp³-hybridized carbons (Fsp3) is 0. The second kappa shape index (κ2) is 5.50. The van der Waals surface area contributed by atoms with Gasteiger partial charge in [-0.15, -0.1) is 0 Å². The standard InChI is InChI=1S/C13H9ClFNO2S/c14-10-4-1-2-6-13(10)19(17,18)9-7-12-11(15)5-3-8-16-12/h1-9H. The zero-order chi connectivity index (χ0) is 13.9. The molecule has 0 amide bonds. The second-order valence-electron chi connectivity index (χ2n) is 3.65. The average Bonchev–Trinajstić information content (AvgIpc) is 2.38. The van der Waals surface area contributed by atoms with Crippen LogP contribution < -0.4 is 0 Å². The summed E-state index contributed by atoms with van der Waals surface area (Å²) in [5.74, 6) is -0.590. The number of halogens is 2. The molecule has 0 aliphatic rings. The van der Waals surface area contributed by atoms with Crippen LogP contribution in [0.1, 0.15) is 5.69 Å². The van der Waals surface area contributed by atoms with E-state index in [4.69, 9.17) is 11.6 Å². The lowest BCUT2D eigenvalue weighted by atomic mass is 10.3. The second-order valence-corrected chi connectivity index (χ2v) is 5.86. The summed E-state index contributed by atoms with van der Waals surface area (Å²) < 4.78 is 37.3. The molecule has 1 heterocycles. The predicted octanol–water partition coefficient (Wildman–Crippen LogP) is 3.32. The average molecular weight is 298 g/mol. The van der Waals surface area contributed by atoms with Crippen molar-refractivity contribution in [2.75, 3.05) is 0 Å². The zero-order valence-electron chi connectivity index (χ0n) is 9.62. The molecule has 0 radical (unpaired) electrons.